The van der Waals surface area contributed by atoms with Crippen molar-refractivity contribution in [2.75, 3.05) is 25.0 Å². The first-order chi connectivity index (χ1) is 20.7. The fraction of sp³-hybridized carbons (Fsp3) is 0.226. The molecular formula is C31H29FN4O6S. The van der Waals surface area contributed by atoms with E-state index in [-0.39, 0.29) is 30.6 Å². The smallest absolute Gasteiger partial charge is 0.251 e. The van der Waals surface area contributed by atoms with Gasteiger partial charge in [0.05, 0.1) is 12.9 Å². The highest BCUT2D eigenvalue weighted by Crippen LogP contribution is 2.36. The molecule has 4 aromatic rings. The lowest BCUT2D eigenvalue weighted by Gasteiger charge is -2.32. The van der Waals surface area contributed by atoms with Crippen molar-refractivity contribution in [2.45, 2.75) is 31.6 Å². The van der Waals surface area contributed by atoms with Crippen molar-refractivity contribution in [3.63, 3.8) is 0 Å². The summed E-state index contributed by atoms with van der Waals surface area (Å²) in [6.07, 6.45) is 0. The van der Waals surface area contributed by atoms with Crippen LogP contribution in [0.1, 0.15) is 28.6 Å². The molecular weight excluding hydrogens is 575 g/mol. The molecule has 10 nitrogen and oxygen atoms in total. The van der Waals surface area contributed by atoms with Gasteiger partial charge in [0.1, 0.15) is 11.9 Å². The Morgan fingerprint density at radius 3 is 2.47 bits per heavy atom. The van der Waals surface area contributed by atoms with Gasteiger partial charge in [0.25, 0.3) is 5.91 Å². The Morgan fingerprint density at radius 2 is 1.74 bits per heavy atom. The second-order valence-electron chi connectivity index (χ2n) is 9.76. The number of phenols is 1. The third kappa shape index (κ3) is 7.15. The van der Waals surface area contributed by atoms with Crippen LogP contribution in [0, 0.1) is 19.7 Å². The van der Waals surface area contributed by atoms with E-state index in [1.807, 2.05) is 19.9 Å². The molecule has 3 aromatic carbocycles. The molecule has 0 saturated heterocycles. The van der Waals surface area contributed by atoms with Gasteiger partial charge >= 0.3 is 0 Å². The second kappa shape index (κ2) is 13.0. The first-order valence-electron chi connectivity index (χ1n) is 13.3. The Hall–Kier alpha value is -4.84. The van der Waals surface area contributed by atoms with E-state index in [1.165, 1.54) is 36.3 Å². The number of fused-ring (bicyclic) bond motifs is 1. The molecule has 0 aliphatic carbocycles. The van der Waals surface area contributed by atoms with Gasteiger partial charge in [-0.05, 0) is 67.4 Å². The number of aromatic hydroxyl groups is 1. The number of phenolic OH excluding ortho intramolecular Hbond substituents is 1. The van der Waals surface area contributed by atoms with Gasteiger partial charge < -0.3 is 29.5 Å². The van der Waals surface area contributed by atoms with E-state index in [1.54, 1.807) is 36.4 Å². The van der Waals surface area contributed by atoms with E-state index in [0.29, 0.717) is 33.5 Å². The molecule has 2 heterocycles. The van der Waals surface area contributed by atoms with Gasteiger partial charge in [-0.3, -0.25) is 9.59 Å². The fourth-order valence-corrected chi connectivity index (χ4v) is 5.43. The molecule has 2 N–H and O–H groups in total. The quantitative estimate of drug-likeness (QED) is 0.186. The van der Waals surface area contributed by atoms with Crippen molar-refractivity contribution in [3.05, 3.63) is 95.1 Å². The highest BCUT2D eigenvalue weighted by molar-refractivity contribution is 7.99. The number of aryl methyl sites for hydroxylation is 2. The van der Waals surface area contributed by atoms with Crippen LogP contribution in [0.4, 0.5) is 10.1 Å². The fourth-order valence-electron chi connectivity index (χ4n) is 4.60. The summed E-state index contributed by atoms with van der Waals surface area (Å²) in [6.45, 7) is 3.74. The van der Waals surface area contributed by atoms with Crippen molar-refractivity contribution in [1.82, 2.24) is 14.9 Å². The van der Waals surface area contributed by atoms with Crippen molar-refractivity contribution < 1.29 is 33.3 Å². The van der Waals surface area contributed by atoms with Crippen LogP contribution < -0.4 is 19.5 Å². The normalized spacial score (nSPS) is 12.5. The van der Waals surface area contributed by atoms with Crippen molar-refractivity contribution in [2.24, 2.45) is 0 Å². The summed E-state index contributed by atoms with van der Waals surface area (Å²) < 4.78 is 29.9. The number of ether oxygens (including phenoxy) is 3. The van der Waals surface area contributed by atoms with Gasteiger partial charge in [0, 0.05) is 29.7 Å². The topological polar surface area (TPSA) is 123 Å². The van der Waals surface area contributed by atoms with Gasteiger partial charge in [0.2, 0.25) is 12.7 Å². The van der Waals surface area contributed by atoms with Crippen LogP contribution in [-0.4, -0.2) is 51.4 Å². The summed E-state index contributed by atoms with van der Waals surface area (Å²) in [5.74, 6) is -0.395. The Morgan fingerprint density at radius 1 is 1.02 bits per heavy atom. The number of thioether (sulfide) groups is 1. The average Bonchev–Trinajstić information content (AvgIpc) is 3.45. The summed E-state index contributed by atoms with van der Waals surface area (Å²) in [5.41, 5.74) is 2.95. The van der Waals surface area contributed by atoms with Crippen LogP contribution in [-0.2, 0) is 16.1 Å². The number of nitrogens with one attached hydrogen (secondary N) is 1. The Bertz CT molecular complexity index is 1630. The molecule has 5 rings (SSSR count). The first-order valence-corrected chi connectivity index (χ1v) is 14.2. The van der Waals surface area contributed by atoms with Crippen LogP contribution >= 0.6 is 11.8 Å². The molecule has 1 aliphatic rings. The molecule has 12 heteroatoms. The van der Waals surface area contributed by atoms with Gasteiger partial charge in [0.15, 0.2) is 28.2 Å². The maximum atomic E-state index is 14.1. The summed E-state index contributed by atoms with van der Waals surface area (Å²) in [4.78, 5) is 38.3. The first kappa shape index (κ1) is 29.6. The number of amides is 2. The molecule has 0 saturated carbocycles. The number of hydrogen-bond acceptors (Lipinski definition) is 9. The molecule has 0 fully saturated rings. The number of hydrogen-bond donors (Lipinski definition) is 2. The predicted molar refractivity (Wildman–Crippen MR) is 158 cm³/mol. The van der Waals surface area contributed by atoms with Crippen molar-refractivity contribution in [1.29, 1.82) is 0 Å². The van der Waals surface area contributed by atoms with E-state index in [2.05, 4.69) is 15.3 Å². The predicted octanol–water partition coefficient (Wildman–Crippen LogP) is 5.18. The number of carbonyl (C=O) groups excluding carboxylic acids is 2. The number of nitrogens with zero attached hydrogens (tertiary/aromatic N) is 3. The monoisotopic (exact) mass is 604 g/mol. The average molecular weight is 605 g/mol. The van der Waals surface area contributed by atoms with Gasteiger partial charge in [-0.1, -0.05) is 30.0 Å². The zero-order chi connectivity index (χ0) is 30.5. The number of aromatic nitrogens is 2. The highest BCUT2D eigenvalue weighted by atomic mass is 32.2. The standard InChI is InChI=1S/C31H29FN4O6S/c1-18-12-19(2)34-31(33-18)43-16-28(38)36(15-20-4-7-22(32)8-5-20)29(21-6-10-24(37)26(13-21)40-3)30(39)35-23-9-11-25-27(14-23)42-17-41-25/h4-14,29,37H,15-17H2,1-3H3,(H,35,39)/t29-/m0/s1. The third-order valence-electron chi connectivity index (χ3n) is 6.59. The summed E-state index contributed by atoms with van der Waals surface area (Å²) in [6, 6.07) is 15.8. The van der Waals surface area contributed by atoms with E-state index >= 15 is 0 Å². The molecule has 0 spiro atoms. The summed E-state index contributed by atoms with van der Waals surface area (Å²) in [7, 11) is 1.39. The minimum absolute atomic E-state index is 0.0181. The Kier molecular flexibility index (Phi) is 8.96. The van der Waals surface area contributed by atoms with E-state index < -0.39 is 23.7 Å². The van der Waals surface area contributed by atoms with E-state index in [0.717, 1.165) is 23.1 Å². The molecule has 0 radical (unpaired) electrons. The second-order valence-corrected chi connectivity index (χ2v) is 10.7. The Balaban J connectivity index is 1.52. The molecule has 0 unspecified atom stereocenters. The Labute approximate surface area is 251 Å². The largest absolute Gasteiger partial charge is 0.504 e. The number of anilines is 1. The minimum atomic E-state index is -1.18. The van der Waals surface area contributed by atoms with E-state index in [4.69, 9.17) is 14.2 Å². The van der Waals surface area contributed by atoms with Gasteiger partial charge in [-0.25, -0.2) is 14.4 Å². The molecule has 0 bridgehead atoms. The molecule has 1 aromatic heterocycles. The number of halogens is 1. The van der Waals surface area contributed by atoms with Crippen LogP contribution in [0.2, 0.25) is 0 Å². The zero-order valence-corrected chi connectivity index (χ0v) is 24.5. The third-order valence-corrected chi connectivity index (χ3v) is 7.42. The van der Waals surface area contributed by atoms with E-state index in [9.17, 15) is 19.1 Å². The SMILES string of the molecule is COc1cc([C@@H](C(=O)Nc2ccc3c(c2)OCO3)N(Cc2ccc(F)cc2)C(=O)CSc2nc(C)cc(C)n2)ccc1O. The lowest BCUT2D eigenvalue weighted by Crippen LogP contribution is -2.41. The minimum Gasteiger partial charge on any atom is -0.504 e. The number of carbonyl (C=O) groups is 2. The lowest BCUT2D eigenvalue weighted by molar-refractivity contribution is -0.137. The van der Waals surface area contributed by atoms with Gasteiger partial charge in [-0.2, -0.15) is 0 Å². The molecule has 1 aliphatic heterocycles. The van der Waals surface area contributed by atoms with Crippen molar-refractivity contribution >= 4 is 29.3 Å². The van der Waals surface area contributed by atoms with Crippen LogP contribution in [0.5, 0.6) is 23.0 Å². The number of methoxy groups -OCH3 is 1. The van der Waals surface area contributed by atoms with Crippen LogP contribution in [0.25, 0.3) is 0 Å². The van der Waals surface area contributed by atoms with Crippen molar-refractivity contribution in [3.8, 4) is 23.0 Å². The maximum Gasteiger partial charge on any atom is 0.251 e. The molecule has 222 valence electrons. The highest BCUT2D eigenvalue weighted by Gasteiger charge is 2.33. The number of rotatable bonds is 10. The van der Waals surface area contributed by atoms with Crippen LogP contribution in [0.15, 0.2) is 71.9 Å². The maximum absolute atomic E-state index is 14.1. The molecule has 43 heavy (non-hydrogen) atoms. The molecule has 2 amide bonds. The molecule has 1 atom stereocenters. The summed E-state index contributed by atoms with van der Waals surface area (Å²) >= 11 is 1.15. The zero-order valence-electron chi connectivity index (χ0n) is 23.7. The van der Waals surface area contributed by atoms with Gasteiger partial charge in [-0.15, -0.1) is 0 Å². The van der Waals surface area contributed by atoms with Crippen LogP contribution in [0.3, 0.4) is 0 Å². The lowest BCUT2D eigenvalue weighted by atomic mass is 10.0. The number of benzene rings is 3. The summed E-state index contributed by atoms with van der Waals surface area (Å²) in [5, 5.41) is 13.6.